The van der Waals surface area contributed by atoms with Crippen LogP contribution in [0.15, 0.2) is 52.3 Å². The molecule has 1 aromatic carbocycles. The maximum atomic E-state index is 13.0. The lowest BCUT2D eigenvalue weighted by Gasteiger charge is -2.35. The third-order valence-electron chi connectivity index (χ3n) is 5.84. The molecule has 0 radical (unpaired) electrons. The van der Waals surface area contributed by atoms with Gasteiger partial charge >= 0.3 is 12.0 Å². The zero-order chi connectivity index (χ0) is 24.2. The molecule has 2 aliphatic rings. The van der Waals surface area contributed by atoms with Gasteiger partial charge in [-0.25, -0.2) is 9.59 Å². The number of furan rings is 1. The molecular formula is C25H30N4O5. The number of hydrogen-bond donors (Lipinski definition) is 3. The Hall–Kier alpha value is -3.75. The van der Waals surface area contributed by atoms with E-state index in [0.29, 0.717) is 22.6 Å². The standard InChI is InChI=1S/C25H30N4O5/c1-4-33-24(31)21-18(27-25(32)28-22(21)20-11-7-13-34-20)14-29-12-6-9-16-17(8-5-10-19(16)29)23(30)26-15(2)3/h5,7-8,10-11,13,15,22H,4,6,9,12,14H2,1-3H3,(H,26,30)(H2,27,28,32). The molecule has 2 aromatic rings. The van der Waals surface area contributed by atoms with Crippen molar-refractivity contribution in [1.82, 2.24) is 16.0 Å². The number of carbonyl (C=O) groups is 3. The largest absolute Gasteiger partial charge is 0.467 e. The fraction of sp³-hybridized carbons (Fsp3) is 0.400. The third-order valence-corrected chi connectivity index (χ3v) is 5.84. The summed E-state index contributed by atoms with van der Waals surface area (Å²) in [5.74, 6) is -0.177. The van der Waals surface area contributed by atoms with E-state index in [9.17, 15) is 14.4 Å². The van der Waals surface area contributed by atoms with Gasteiger partial charge in [0.15, 0.2) is 0 Å². The Morgan fingerprint density at radius 2 is 2.09 bits per heavy atom. The molecule has 1 unspecified atom stereocenters. The molecule has 2 aliphatic heterocycles. The quantitative estimate of drug-likeness (QED) is 0.541. The molecule has 4 rings (SSSR count). The molecule has 0 aliphatic carbocycles. The molecule has 0 fully saturated rings. The van der Waals surface area contributed by atoms with Gasteiger partial charge in [-0.1, -0.05) is 6.07 Å². The fourth-order valence-electron chi connectivity index (χ4n) is 4.47. The van der Waals surface area contributed by atoms with E-state index in [1.54, 1.807) is 19.1 Å². The first kappa shape index (κ1) is 23.4. The molecule has 3 N–H and O–H groups in total. The van der Waals surface area contributed by atoms with Gasteiger partial charge in [-0.2, -0.15) is 0 Å². The van der Waals surface area contributed by atoms with Crippen molar-refractivity contribution in [1.29, 1.82) is 0 Å². The van der Waals surface area contributed by atoms with Crippen LogP contribution in [0.3, 0.4) is 0 Å². The first-order valence-electron chi connectivity index (χ1n) is 11.6. The van der Waals surface area contributed by atoms with E-state index in [1.165, 1.54) is 6.26 Å². The lowest BCUT2D eigenvalue weighted by Crippen LogP contribution is -2.49. The number of rotatable bonds is 7. The van der Waals surface area contributed by atoms with Crippen LogP contribution in [0, 0.1) is 0 Å². The fourth-order valence-corrected chi connectivity index (χ4v) is 4.47. The van der Waals surface area contributed by atoms with E-state index in [-0.39, 0.29) is 25.1 Å². The number of amides is 3. The van der Waals surface area contributed by atoms with Crippen LogP contribution in [0.25, 0.3) is 0 Å². The van der Waals surface area contributed by atoms with Gasteiger partial charge in [0.05, 0.1) is 30.7 Å². The number of esters is 1. The number of nitrogens with zero attached hydrogens (tertiary/aromatic N) is 1. The summed E-state index contributed by atoms with van der Waals surface area (Å²) in [6.07, 6.45) is 3.12. The van der Waals surface area contributed by atoms with Gasteiger partial charge < -0.3 is 30.0 Å². The highest BCUT2D eigenvalue weighted by Gasteiger charge is 2.36. The van der Waals surface area contributed by atoms with E-state index >= 15 is 0 Å². The van der Waals surface area contributed by atoms with Crippen molar-refractivity contribution in [2.24, 2.45) is 0 Å². The molecule has 0 saturated heterocycles. The van der Waals surface area contributed by atoms with E-state index in [2.05, 4.69) is 20.9 Å². The summed E-state index contributed by atoms with van der Waals surface area (Å²) in [6.45, 7) is 6.79. The first-order valence-corrected chi connectivity index (χ1v) is 11.6. The summed E-state index contributed by atoms with van der Waals surface area (Å²) in [7, 11) is 0. The van der Waals surface area contributed by atoms with Crippen molar-refractivity contribution in [3.05, 3.63) is 64.8 Å². The summed E-state index contributed by atoms with van der Waals surface area (Å²) in [4.78, 5) is 40.4. The second kappa shape index (κ2) is 10.0. The predicted molar refractivity (Wildman–Crippen MR) is 126 cm³/mol. The maximum absolute atomic E-state index is 13.0. The summed E-state index contributed by atoms with van der Waals surface area (Å²) in [5, 5.41) is 8.53. The average molecular weight is 467 g/mol. The maximum Gasteiger partial charge on any atom is 0.338 e. The van der Waals surface area contributed by atoms with E-state index < -0.39 is 18.0 Å². The zero-order valence-electron chi connectivity index (χ0n) is 19.6. The SMILES string of the molecule is CCOC(=O)C1=C(CN2CCCc3c(C(=O)NC(C)C)cccc32)NC(=O)NC1c1ccco1. The number of hydrogen-bond acceptors (Lipinski definition) is 6. The van der Waals surface area contributed by atoms with Crippen molar-refractivity contribution in [2.45, 2.75) is 45.7 Å². The Bertz CT molecular complexity index is 1110. The van der Waals surface area contributed by atoms with E-state index in [0.717, 1.165) is 30.6 Å². The molecular weight excluding hydrogens is 436 g/mol. The predicted octanol–water partition coefficient (Wildman–Crippen LogP) is 3.04. The van der Waals surface area contributed by atoms with Crippen molar-refractivity contribution in [3.63, 3.8) is 0 Å². The van der Waals surface area contributed by atoms with E-state index in [1.807, 2.05) is 32.0 Å². The molecule has 180 valence electrons. The van der Waals surface area contributed by atoms with E-state index in [4.69, 9.17) is 9.15 Å². The number of carbonyl (C=O) groups excluding carboxylic acids is 3. The van der Waals surface area contributed by atoms with Gasteiger partial charge in [-0.15, -0.1) is 0 Å². The van der Waals surface area contributed by atoms with Gasteiger partial charge in [-0.3, -0.25) is 4.79 Å². The zero-order valence-corrected chi connectivity index (χ0v) is 19.6. The van der Waals surface area contributed by atoms with Crippen LogP contribution in [0.2, 0.25) is 0 Å². The molecule has 9 nitrogen and oxygen atoms in total. The number of urea groups is 1. The first-order chi connectivity index (χ1) is 16.4. The lowest BCUT2D eigenvalue weighted by atomic mass is 9.94. The van der Waals surface area contributed by atoms with Crippen molar-refractivity contribution in [2.75, 3.05) is 24.6 Å². The molecule has 1 atom stereocenters. The summed E-state index contributed by atoms with van der Waals surface area (Å²) in [6, 6.07) is 7.93. The molecule has 0 spiro atoms. The molecule has 0 saturated carbocycles. The highest BCUT2D eigenvalue weighted by atomic mass is 16.5. The molecule has 9 heteroatoms. The minimum atomic E-state index is -0.759. The Labute approximate surface area is 198 Å². The van der Waals surface area contributed by atoms with Crippen molar-refractivity contribution < 1.29 is 23.5 Å². The van der Waals surface area contributed by atoms with Crippen LogP contribution < -0.4 is 20.9 Å². The average Bonchev–Trinajstić information content (AvgIpc) is 3.33. The Kier molecular flexibility index (Phi) is 6.90. The Morgan fingerprint density at radius 3 is 2.79 bits per heavy atom. The number of ether oxygens (including phenoxy) is 1. The number of anilines is 1. The number of benzene rings is 1. The van der Waals surface area contributed by atoms with Crippen LogP contribution in [0.5, 0.6) is 0 Å². The van der Waals surface area contributed by atoms with Crippen LogP contribution in [0.1, 0.15) is 54.9 Å². The molecule has 3 amide bonds. The van der Waals surface area contributed by atoms with Crippen molar-refractivity contribution >= 4 is 23.6 Å². The summed E-state index contributed by atoms with van der Waals surface area (Å²) in [5.41, 5.74) is 3.29. The van der Waals surface area contributed by atoms with Gasteiger partial charge in [0.25, 0.3) is 5.91 Å². The minimum Gasteiger partial charge on any atom is -0.467 e. The van der Waals surface area contributed by atoms with Crippen molar-refractivity contribution in [3.8, 4) is 0 Å². The van der Waals surface area contributed by atoms with Crippen LogP contribution in [-0.4, -0.2) is 43.6 Å². The molecule has 1 aromatic heterocycles. The summed E-state index contributed by atoms with van der Waals surface area (Å²) >= 11 is 0. The van der Waals surface area contributed by atoms with Crippen LogP contribution >= 0.6 is 0 Å². The minimum absolute atomic E-state index is 0.0313. The number of nitrogens with one attached hydrogen (secondary N) is 3. The Morgan fingerprint density at radius 1 is 1.26 bits per heavy atom. The normalized spacial score (nSPS) is 17.7. The smallest absolute Gasteiger partial charge is 0.338 e. The van der Waals surface area contributed by atoms with Gasteiger partial charge in [0.1, 0.15) is 11.8 Å². The topological polar surface area (TPSA) is 113 Å². The van der Waals surface area contributed by atoms with Gasteiger partial charge in [-0.05, 0) is 63.4 Å². The highest BCUT2D eigenvalue weighted by Crippen LogP contribution is 2.33. The lowest BCUT2D eigenvalue weighted by molar-refractivity contribution is -0.139. The van der Waals surface area contributed by atoms with Crippen LogP contribution in [0.4, 0.5) is 10.5 Å². The molecule has 34 heavy (non-hydrogen) atoms. The highest BCUT2D eigenvalue weighted by molar-refractivity contribution is 5.98. The summed E-state index contributed by atoms with van der Waals surface area (Å²) < 4.78 is 10.8. The molecule has 0 bridgehead atoms. The number of fused-ring (bicyclic) bond motifs is 1. The second-order valence-corrected chi connectivity index (χ2v) is 8.62. The monoisotopic (exact) mass is 466 g/mol. The van der Waals surface area contributed by atoms with Crippen LogP contribution in [-0.2, 0) is 16.0 Å². The van der Waals surface area contributed by atoms with Gasteiger partial charge in [0.2, 0.25) is 0 Å². The Balaban J connectivity index is 1.72. The third kappa shape index (κ3) is 4.78. The second-order valence-electron chi connectivity index (χ2n) is 8.62. The molecule has 3 heterocycles. The van der Waals surface area contributed by atoms with Gasteiger partial charge in [0, 0.05) is 23.8 Å².